The van der Waals surface area contributed by atoms with Gasteiger partial charge in [0.15, 0.2) is 0 Å². The lowest BCUT2D eigenvalue weighted by molar-refractivity contribution is -0.123. The van der Waals surface area contributed by atoms with Gasteiger partial charge in [-0.05, 0) is 57.4 Å². The van der Waals surface area contributed by atoms with E-state index < -0.39 is 0 Å². The first-order chi connectivity index (χ1) is 17.3. The molecule has 0 bridgehead atoms. The van der Waals surface area contributed by atoms with Crippen LogP contribution in [-0.2, 0) is 9.53 Å². The number of anilines is 1. The zero-order chi connectivity index (χ0) is 25.8. The lowest BCUT2D eigenvalue weighted by Gasteiger charge is -2.23. The molecule has 1 aliphatic heterocycles. The smallest absolute Gasteiger partial charge is 0.267 e. The lowest BCUT2D eigenvalue weighted by atomic mass is 10.1. The van der Waals surface area contributed by atoms with Gasteiger partial charge in [-0.25, -0.2) is 4.98 Å². The Morgan fingerprint density at radius 2 is 1.89 bits per heavy atom. The molecular weight excluding hydrogens is 492 g/mol. The van der Waals surface area contributed by atoms with Crippen LogP contribution in [0.25, 0.3) is 11.7 Å². The summed E-state index contributed by atoms with van der Waals surface area (Å²) in [6.45, 7) is 9.03. The van der Waals surface area contributed by atoms with E-state index in [1.54, 1.807) is 17.2 Å². The minimum absolute atomic E-state index is 0.160. The number of hydrogen-bond acceptors (Lipinski definition) is 7. The van der Waals surface area contributed by atoms with E-state index in [0.29, 0.717) is 39.4 Å². The molecule has 7 nitrogen and oxygen atoms in total. The van der Waals surface area contributed by atoms with Crippen LogP contribution in [0.5, 0.6) is 0 Å². The number of carbonyl (C=O) groups is 1. The van der Waals surface area contributed by atoms with E-state index in [0.717, 1.165) is 17.5 Å². The van der Waals surface area contributed by atoms with Gasteiger partial charge in [0.1, 0.15) is 15.8 Å². The number of thiocarbonyl (C=S) groups is 1. The van der Waals surface area contributed by atoms with Crippen molar-refractivity contribution in [2.24, 2.45) is 0 Å². The molecule has 3 aromatic rings. The average molecular weight is 523 g/mol. The fourth-order valence-corrected chi connectivity index (χ4v) is 5.35. The van der Waals surface area contributed by atoms with Gasteiger partial charge in [0.05, 0.1) is 22.6 Å². The number of ether oxygens (including phenoxy) is 1. The zero-order valence-corrected chi connectivity index (χ0v) is 22.5. The number of thioether (sulfide) groups is 1. The van der Waals surface area contributed by atoms with Crippen LogP contribution in [0.4, 0.5) is 5.82 Å². The van der Waals surface area contributed by atoms with Crippen molar-refractivity contribution < 1.29 is 9.53 Å². The maximum atomic E-state index is 13.5. The van der Waals surface area contributed by atoms with Crippen LogP contribution in [0.15, 0.2) is 58.4 Å². The van der Waals surface area contributed by atoms with Crippen LogP contribution in [-0.4, -0.2) is 43.8 Å². The number of aryl methyl sites for hydroxylation is 1. The molecule has 1 amide bonds. The van der Waals surface area contributed by atoms with Crippen LogP contribution >= 0.6 is 24.0 Å². The van der Waals surface area contributed by atoms with Gasteiger partial charge in [0.25, 0.3) is 11.5 Å². The number of aromatic nitrogens is 2. The van der Waals surface area contributed by atoms with Crippen LogP contribution in [0, 0.1) is 6.92 Å². The molecular formula is C27H30N4O3S2. The van der Waals surface area contributed by atoms with Gasteiger partial charge in [0, 0.05) is 19.3 Å². The number of hydrogen-bond donors (Lipinski definition) is 1. The molecule has 0 unspecified atom stereocenters. The number of nitrogens with zero attached hydrogens (tertiary/aromatic N) is 3. The second-order valence-corrected chi connectivity index (χ2v) is 10.6. The Balaban J connectivity index is 1.68. The standard InChI is InChI=1S/C27H30N4O3S2/c1-17(2)34-14-8-13-28-24-21(25(32)30-16-18(3)11-12-23(30)29-24)15-22-26(33)31(27(35)36-22)19(4)20-9-6-5-7-10-20/h5-7,9-12,15-17,19,28H,8,13-14H2,1-4H3/b22-15-/t19-/m0/s1. The number of nitrogens with one attached hydrogen (secondary N) is 1. The summed E-state index contributed by atoms with van der Waals surface area (Å²) in [7, 11) is 0. The Labute approximate surface area is 220 Å². The maximum Gasteiger partial charge on any atom is 0.267 e. The van der Waals surface area contributed by atoms with E-state index in [-0.39, 0.29) is 23.6 Å². The third-order valence-corrected chi connectivity index (χ3v) is 7.17. The van der Waals surface area contributed by atoms with Crippen molar-refractivity contribution in [2.45, 2.75) is 46.3 Å². The maximum absolute atomic E-state index is 13.5. The molecule has 188 valence electrons. The fourth-order valence-electron chi connectivity index (χ4n) is 3.95. The number of rotatable bonds is 9. The normalized spacial score (nSPS) is 15.9. The SMILES string of the molecule is Cc1ccc2nc(NCCCOC(C)C)c(/C=C3\SC(=S)N([C@@H](C)c4ccccc4)C3=O)c(=O)n2c1. The Morgan fingerprint density at radius 1 is 1.14 bits per heavy atom. The summed E-state index contributed by atoms with van der Waals surface area (Å²) in [5.74, 6) is 0.223. The highest BCUT2D eigenvalue weighted by molar-refractivity contribution is 8.26. The summed E-state index contributed by atoms with van der Waals surface area (Å²) in [4.78, 5) is 33.7. The number of pyridine rings is 1. The predicted molar refractivity (Wildman–Crippen MR) is 150 cm³/mol. The summed E-state index contributed by atoms with van der Waals surface area (Å²) in [5.41, 5.74) is 2.55. The van der Waals surface area contributed by atoms with E-state index in [1.807, 2.05) is 70.2 Å². The van der Waals surface area contributed by atoms with Crippen molar-refractivity contribution >= 4 is 51.7 Å². The van der Waals surface area contributed by atoms with Gasteiger partial charge in [-0.1, -0.05) is 60.4 Å². The van der Waals surface area contributed by atoms with Crippen molar-refractivity contribution in [3.63, 3.8) is 0 Å². The van der Waals surface area contributed by atoms with Crippen LogP contribution in [0.1, 0.15) is 49.9 Å². The molecule has 0 radical (unpaired) electrons. The molecule has 9 heteroatoms. The highest BCUT2D eigenvalue weighted by Crippen LogP contribution is 2.38. The molecule has 1 atom stereocenters. The molecule has 2 aromatic heterocycles. The molecule has 3 heterocycles. The van der Waals surface area contributed by atoms with Crippen molar-refractivity contribution in [1.82, 2.24) is 14.3 Å². The number of fused-ring (bicyclic) bond motifs is 1. The Morgan fingerprint density at radius 3 is 2.61 bits per heavy atom. The van der Waals surface area contributed by atoms with Gasteiger partial charge in [-0.2, -0.15) is 0 Å². The lowest BCUT2D eigenvalue weighted by Crippen LogP contribution is -2.31. The molecule has 36 heavy (non-hydrogen) atoms. The first-order valence-corrected chi connectivity index (χ1v) is 13.2. The summed E-state index contributed by atoms with van der Waals surface area (Å²) in [6, 6.07) is 13.3. The van der Waals surface area contributed by atoms with Crippen molar-refractivity contribution in [3.8, 4) is 0 Å². The third-order valence-electron chi connectivity index (χ3n) is 5.84. The monoisotopic (exact) mass is 522 g/mol. The second kappa shape index (κ2) is 11.4. The van der Waals surface area contributed by atoms with Crippen LogP contribution < -0.4 is 10.9 Å². The van der Waals surface area contributed by atoms with Gasteiger partial charge in [0.2, 0.25) is 0 Å². The molecule has 4 rings (SSSR count). The minimum atomic E-state index is -0.244. The van der Waals surface area contributed by atoms with Gasteiger partial charge < -0.3 is 10.1 Å². The zero-order valence-electron chi connectivity index (χ0n) is 20.9. The van der Waals surface area contributed by atoms with Gasteiger partial charge in [-0.15, -0.1) is 0 Å². The molecule has 1 saturated heterocycles. The Kier molecular flexibility index (Phi) is 8.23. The van der Waals surface area contributed by atoms with E-state index in [1.165, 1.54) is 16.2 Å². The van der Waals surface area contributed by atoms with Crippen LogP contribution in [0.3, 0.4) is 0 Å². The van der Waals surface area contributed by atoms with Crippen molar-refractivity contribution in [2.75, 3.05) is 18.5 Å². The number of benzene rings is 1. The van der Waals surface area contributed by atoms with E-state index >= 15 is 0 Å². The average Bonchev–Trinajstić information content (AvgIpc) is 3.13. The second-order valence-electron chi connectivity index (χ2n) is 8.95. The molecule has 0 aliphatic carbocycles. The third kappa shape index (κ3) is 5.69. The summed E-state index contributed by atoms with van der Waals surface area (Å²) in [6.07, 6.45) is 4.29. The summed E-state index contributed by atoms with van der Waals surface area (Å²) >= 11 is 6.77. The molecule has 0 saturated carbocycles. The van der Waals surface area contributed by atoms with Crippen molar-refractivity contribution in [3.05, 3.63) is 80.6 Å². The molecule has 1 aromatic carbocycles. The molecule has 0 spiro atoms. The molecule has 1 aliphatic rings. The van der Waals surface area contributed by atoms with E-state index in [9.17, 15) is 9.59 Å². The predicted octanol–water partition coefficient (Wildman–Crippen LogP) is 5.19. The number of amides is 1. The first-order valence-electron chi connectivity index (χ1n) is 12.0. The topological polar surface area (TPSA) is 75.9 Å². The molecule has 1 fully saturated rings. The van der Waals surface area contributed by atoms with Gasteiger partial charge >= 0.3 is 0 Å². The highest BCUT2D eigenvalue weighted by Gasteiger charge is 2.36. The first kappa shape index (κ1) is 26.1. The number of carbonyl (C=O) groups excluding carboxylic acids is 1. The van der Waals surface area contributed by atoms with Crippen LogP contribution in [0.2, 0.25) is 0 Å². The fraction of sp³-hybridized carbons (Fsp3) is 0.333. The van der Waals surface area contributed by atoms with E-state index in [2.05, 4.69) is 5.32 Å². The Bertz CT molecular complexity index is 1370. The van der Waals surface area contributed by atoms with E-state index in [4.69, 9.17) is 21.9 Å². The quantitative estimate of drug-likeness (QED) is 0.235. The summed E-state index contributed by atoms with van der Waals surface area (Å²) in [5, 5.41) is 3.28. The molecule has 1 N–H and O–H groups in total. The largest absolute Gasteiger partial charge is 0.379 e. The van der Waals surface area contributed by atoms with Crippen molar-refractivity contribution in [1.29, 1.82) is 0 Å². The highest BCUT2D eigenvalue weighted by atomic mass is 32.2. The van der Waals surface area contributed by atoms with Gasteiger partial charge in [-0.3, -0.25) is 18.9 Å². The minimum Gasteiger partial charge on any atom is -0.379 e. The Hall–Kier alpha value is -3.01. The summed E-state index contributed by atoms with van der Waals surface area (Å²) < 4.78 is 7.60.